The van der Waals surface area contributed by atoms with Crippen molar-refractivity contribution >= 4 is 34.7 Å². The molecule has 1 aromatic carbocycles. The Balaban J connectivity index is 1.45. The van der Waals surface area contributed by atoms with Gasteiger partial charge in [-0.15, -0.1) is 0 Å². The Hall–Kier alpha value is -3.07. The van der Waals surface area contributed by atoms with E-state index in [-0.39, 0.29) is 18.2 Å². The maximum absolute atomic E-state index is 12.7. The number of esters is 1. The molecule has 1 saturated heterocycles. The van der Waals surface area contributed by atoms with Gasteiger partial charge in [0.05, 0.1) is 30.8 Å². The van der Waals surface area contributed by atoms with E-state index in [2.05, 4.69) is 10.3 Å². The molecule has 0 aromatic heterocycles. The number of allylic oxidation sites excluding steroid dienone is 1. The van der Waals surface area contributed by atoms with Crippen molar-refractivity contribution in [2.24, 2.45) is 4.99 Å². The van der Waals surface area contributed by atoms with Crippen LogP contribution in [0.2, 0.25) is 0 Å². The minimum absolute atomic E-state index is 0.103. The average molecular weight is 469 g/mol. The number of likely N-dealkylation sites (tertiary alicyclic amines) is 1. The molecule has 33 heavy (non-hydrogen) atoms. The van der Waals surface area contributed by atoms with E-state index in [0.717, 1.165) is 35.8 Å². The number of hydrogen-bond donors (Lipinski definition) is 1. The molecule has 3 aliphatic rings. The molecular formula is C24H28N4O4S. The van der Waals surface area contributed by atoms with Gasteiger partial charge in [-0.2, -0.15) is 0 Å². The fourth-order valence-corrected chi connectivity index (χ4v) is 5.32. The summed E-state index contributed by atoms with van der Waals surface area (Å²) in [7, 11) is 1.36. The maximum atomic E-state index is 12.7. The smallest absolute Gasteiger partial charge is 0.338 e. The number of carbonyl (C=O) groups is 3. The Morgan fingerprint density at radius 2 is 2.06 bits per heavy atom. The van der Waals surface area contributed by atoms with Crippen LogP contribution in [-0.4, -0.2) is 59.5 Å². The first kappa shape index (κ1) is 23.1. The minimum Gasteiger partial charge on any atom is -0.466 e. The summed E-state index contributed by atoms with van der Waals surface area (Å²) in [4.78, 5) is 45.5. The summed E-state index contributed by atoms with van der Waals surface area (Å²) < 4.78 is 5.07. The number of nitrogens with one attached hydrogen (secondary N) is 1. The quantitative estimate of drug-likeness (QED) is 0.466. The summed E-state index contributed by atoms with van der Waals surface area (Å²) in [6.07, 6.45) is 2.44. The Bertz CT molecular complexity index is 1030. The number of fused-ring (bicyclic) bond motifs is 1. The van der Waals surface area contributed by atoms with Gasteiger partial charge in [0.1, 0.15) is 0 Å². The van der Waals surface area contributed by atoms with E-state index in [0.29, 0.717) is 30.8 Å². The molecule has 0 aliphatic carbocycles. The fraction of sp³-hybridized carbons (Fsp3) is 0.417. The highest BCUT2D eigenvalue weighted by Crippen LogP contribution is 2.44. The lowest BCUT2D eigenvalue weighted by Crippen LogP contribution is -2.38. The van der Waals surface area contributed by atoms with Crippen LogP contribution in [-0.2, 0) is 19.1 Å². The fourth-order valence-electron chi connectivity index (χ4n) is 4.36. The van der Waals surface area contributed by atoms with Gasteiger partial charge in [0.15, 0.2) is 5.17 Å². The molecule has 3 aliphatic heterocycles. The van der Waals surface area contributed by atoms with Gasteiger partial charge in [0.2, 0.25) is 11.8 Å². The van der Waals surface area contributed by atoms with Gasteiger partial charge in [-0.05, 0) is 30.7 Å². The number of amidine groups is 1. The normalized spacial score (nSPS) is 19.9. The second-order valence-corrected chi connectivity index (χ2v) is 9.00. The Morgan fingerprint density at radius 1 is 1.27 bits per heavy atom. The summed E-state index contributed by atoms with van der Waals surface area (Å²) in [5.74, 6) is -0.335. The molecule has 1 fully saturated rings. The van der Waals surface area contributed by atoms with E-state index in [1.54, 1.807) is 0 Å². The van der Waals surface area contributed by atoms with Gasteiger partial charge in [-0.25, -0.2) is 9.79 Å². The molecule has 1 atom stereocenters. The van der Waals surface area contributed by atoms with Crippen molar-refractivity contribution in [1.29, 1.82) is 0 Å². The first-order valence-corrected chi connectivity index (χ1v) is 12.0. The van der Waals surface area contributed by atoms with Crippen molar-refractivity contribution in [2.45, 2.75) is 38.6 Å². The monoisotopic (exact) mass is 468 g/mol. The number of methoxy groups -OCH3 is 1. The number of aliphatic imine (C=N–C) groups is 1. The minimum atomic E-state index is -0.429. The maximum Gasteiger partial charge on any atom is 0.338 e. The summed E-state index contributed by atoms with van der Waals surface area (Å²) in [5, 5.41) is 5.62. The Kier molecular flexibility index (Phi) is 7.17. The van der Waals surface area contributed by atoms with Crippen molar-refractivity contribution in [3.8, 4) is 0 Å². The number of rotatable bonds is 8. The van der Waals surface area contributed by atoms with Crippen molar-refractivity contribution < 1.29 is 19.1 Å². The number of benzene rings is 1. The summed E-state index contributed by atoms with van der Waals surface area (Å²) in [6, 6.07) is 9.29. The molecule has 1 aromatic rings. The first-order chi connectivity index (χ1) is 16.0. The number of amides is 2. The molecule has 9 heteroatoms. The molecule has 2 amide bonds. The summed E-state index contributed by atoms with van der Waals surface area (Å²) >= 11 is 1.45. The van der Waals surface area contributed by atoms with Crippen LogP contribution in [0.3, 0.4) is 0 Å². The predicted molar refractivity (Wildman–Crippen MR) is 127 cm³/mol. The number of carbonyl (C=O) groups excluding carboxylic acids is 3. The van der Waals surface area contributed by atoms with Crippen LogP contribution in [0.4, 0.5) is 0 Å². The van der Waals surface area contributed by atoms with Gasteiger partial charge in [-0.1, -0.05) is 42.1 Å². The van der Waals surface area contributed by atoms with Crippen molar-refractivity contribution in [3.05, 3.63) is 58.3 Å². The highest BCUT2D eigenvalue weighted by molar-refractivity contribution is 8.16. The standard InChI is InChI=1S/C24H28N4O4S/c1-16-21(23(31)32-2)22(17-8-4-3-5-9-17)28-18(15-33-24(28)26-16)14-19(29)25-11-7-13-27-12-6-10-20(27)30/h3-5,8-9,15,22H,6-7,10-14H2,1-2H3,(H,25,29)/t22-/m1/s1. The van der Waals surface area contributed by atoms with Crippen LogP contribution in [0.25, 0.3) is 0 Å². The Morgan fingerprint density at radius 3 is 2.76 bits per heavy atom. The zero-order valence-corrected chi connectivity index (χ0v) is 19.7. The third kappa shape index (κ3) is 4.98. The molecule has 1 N–H and O–H groups in total. The van der Waals surface area contributed by atoms with E-state index in [1.807, 2.05) is 52.5 Å². The molecule has 4 rings (SSSR count). The second kappa shape index (κ2) is 10.2. The number of hydrogen-bond acceptors (Lipinski definition) is 7. The largest absolute Gasteiger partial charge is 0.466 e. The lowest BCUT2D eigenvalue weighted by atomic mass is 9.94. The third-order valence-electron chi connectivity index (χ3n) is 5.96. The lowest BCUT2D eigenvalue weighted by molar-refractivity contribution is -0.136. The van der Waals surface area contributed by atoms with Crippen molar-refractivity contribution in [1.82, 2.24) is 15.1 Å². The van der Waals surface area contributed by atoms with Crippen LogP contribution in [0.15, 0.2) is 57.7 Å². The van der Waals surface area contributed by atoms with E-state index < -0.39 is 12.0 Å². The Labute approximate surface area is 197 Å². The van der Waals surface area contributed by atoms with Gasteiger partial charge < -0.3 is 19.9 Å². The van der Waals surface area contributed by atoms with Gasteiger partial charge in [-0.3, -0.25) is 9.59 Å². The molecule has 174 valence electrons. The average Bonchev–Trinajstić information content (AvgIpc) is 3.41. The van der Waals surface area contributed by atoms with Crippen molar-refractivity contribution in [2.75, 3.05) is 26.7 Å². The van der Waals surface area contributed by atoms with Crippen LogP contribution in [0.5, 0.6) is 0 Å². The molecule has 0 bridgehead atoms. The first-order valence-electron chi connectivity index (χ1n) is 11.1. The highest BCUT2D eigenvalue weighted by Gasteiger charge is 2.40. The van der Waals surface area contributed by atoms with E-state index in [9.17, 15) is 14.4 Å². The number of thioether (sulfide) groups is 1. The highest BCUT2D eigenvalue weighted by atomic mass is 32.2. The molecule has 3 heterocycles. The van der Waals surface area contributed by atoms with E-state index >= 15 is 0 Å². The van der Waals surface area contributed by atoms with Gasteiger partial charge in [0.25, 0.3) is 0 Å². The third-order valence-corrected chi connectivity index (χ3v) is 6.85. The second-order valence-electron chi connectivity index (χ2n) is 8.16. The molecule has 0 radical (unpaired) electrons. The molecular weight excluding hydrogens is 440 g/mol. The summed E-state index contributed by atoms with van der Waals surface area (Å²) in [6.45, 7) is 3.80. The van der Waals surface area contributed by atoms with Crippen LogP contribution < -0.4 is 5.32 Å². The topological polar surface area (TPSA) is 91.3 Å². The van der Waals surface area contributed by atoms with Crippen molar-refractivity contribution in [3.63, 3.8) is 0 Å². The predicted octanol–water partition coefficient (Wildman–Crippen LogP) is 2.95. The zero-order valence-electron chi connectivity index (χ0n) is 18.9. The molecule has 8 nitrogen and oxygen atoms in total. The number of nitrogens with zero attached hydrogens (tertiary/aromatic N) is 3. The van der Waals surface area contributed by atoms with Gasteiger partial charge >= 0.3 is 5.97 Å². The molecule has 0 unspecified atom stereocenters. The zero-order chi connectivity index (χ0) is 23.4. The molecule has 0 spiro atoms. The van der Waals surface area contributed by atoms with Crippen LogP contribution in [0, 0.1) is 0 Å². The van der Waals surface area contributed by atoms with Crippen LogP contribution >= 0.6 is 11.8 Å². The lowest BCUT2D eigenvalue weighted by Gasteiger charge is -2.36. The van der Waals surface area contributed by atoms with E-state index in [4.69, 9.17) is 4.74 Å². The van der Waals surface area contributed by atoms with Crippen LogP contribution in [0.1, 0.15) is 44.2 Å². The summed E-state index contributed by atoms with van der Waals surface area (Å²) in [5.41, 5.74) is 2.80. The van der Waals surface area contributed by atoms with E-state index in [1.165, 1.54) is 18.9 Å². The SMILES string of the molecule is COC(=O)C1=C(C)N=C2SC=C(CC(=O)NCCCN3CCCC3=O)N2[C@@H]1c1ccccc1. The van der Waals surface area contributed by atoms with Gasteiger partial charge in [0, 0.05) is 31.8 Å². The number of ether oxygens (including phenoxy) is 1. The molecule has 0 saturated carbocycles.